The largest absolute Gasteiger partial charge is 0.465 e. The Balaban J connectivity index is 1.46. The van der Waals surface area contributed by atoms with Gasteiger partial charge in [-0.05, 0) is 70.1 Å². The molecule has 3 amide bonds. The third-order valence-electron chi connectivity index (χ3n) is 5.78. The van der Waals surface area contributed by atoms with Gasteiger partial charge in [-0.15, -0.1) is 11.8 Å². The van der Waals surface area contributed by atoms with Crippen molar-refractivity contribution in [2.24, 2.45) is 17.8 Å². The lowest BCUT2D eigenvalue weighted by atomic mass is 9.53. The summed E-state index contributed by atoms with van der Waals surface area (Å²) < 4.78 is 4.84. The maximum absolute atomic E-state index is 12.3. The molecule has 0 saturated heterocycles. The van der Waals surface area contributed by atoms with Crippen LogP contribution in [0, 0.1) is 17.8 Å². The Morgan fingerprint density at radius 1 is 1.12 bits per heavy atom. The number of imide groups is 1. The molecule has 2 N–H and O–H groups in total. The molecule has 1 atom stereocenters. The summed E-state index contributed by atoms with van der Waals surface area (Å²) in [7, 11) is 0. The van der Waals surface area contributed by atoms with E-state index < -0.39 is 11.3 Å². The van der Waals surface area contributed by atoms with E-state index in [-0.39, 0.29) is 23.2 Å². The number of hydrogen-bond donors (Lipinski definition) is 2. The van der Waals surface area contributed by atoms with Crippen molar-refractivity contribution in [3.63, 3.8) is 0 Å². The van der Waals surface area contributed by atoms with Crippen LogP contribution in [0.1, 0.15) is 52.4 Å². The van der Waals surface area contributed by atoms with Crippen molar-refractivity contribution in [3.8, 4) is 0 Å². The van der Waals surface area contributed by atoms with E-state index in [9.17, 15) is 14.4 Å². The molecule has 0 spiro atoms. The SMILES string of the molecule is CCOC(=O)CS[C@H](C)C(=O)NC(=O)NC12CC3CC(CC(C3)C1)C2. The molecule has 140 valence electrons. The molecule has 0 heterocycles. The molecule has 0 unspecified atom stereocenters. The maximum atomic E-state index is 12.3. The fourth-order valence-electron chi connectivity index (χ4n) is 5.22. The molecule has 6 nitrogen and oxygen atoms in total. The van der Waals surface area contributed by atoms with Crippen LogP contribution in [0.5, 0.6) is 0 Å². The molecule has 4 rings (SSSR count). The Morgan fingerprint density at radius 3 is 2.20 bits per heavy atom. The van der Waals surface area contributed by atoms with Crippen molar-refractivity contribution in [1.29, 1.82) is 0 Å². The van der Waals surface area contributed by atoms with Crippen LogP contribution >= 0.6 is 11.8 Å². The van der Waals surface area contributed by atoms with Crippen molar-refractivity contribution in [1.82, 2.24) is 10.6 Å². The Morgan fingerprint density at radius 2 is 1.68 bits per heavy atom. The number of carbonyl (C=O) groups is 3. The predicted molar refractivity (Wildman–Crippen MR) is 96.1 cm³/mol. The molecule has 4 bridgehead atoms. The van der Waals surface area contributed by atoms with Gasteiger partial charge in [0.05, 0.1) is 17.6 Å². The first-order chi connectivity index (χ1) is 11.9. The second-order valence-electron chi connectivity index (χ2n) is 7.90. The number of thioether (sulfide) groups is 1. The van der Waals surface area contributed by atoms with Crippen LogP contribution in [0.15, 0.2) is 0 Å². The average molecular weight is 368 g/mol. The lowest BCUT2D eigenvalue weighted by molar-refractivity contribution is -0.139. The fourth-order valence-corrected chi connectivity index (χ4v) is 5.90. The molecule has 4 fully saturated rings. The number of nitrogens with one attached hydrogen (secondary N) is 2. The zero-order chi connectivity index (χ0) is 18.0. The fraction of sp³-hybridized carbons (Fsp3) is 0.833. The van der Waals surface area contributed by atoms with E-state index in [0.717, 1.165) is 37.0 Å². The van der Waals surface area contributed by atoms with Gasteiger partial charge in [-0.3, -0.25) is 14.9 Å². The first-order valence-electron chi connectivity index (χ1n) is 9.29. The van der Waals surface area contributed by atoms with Gasteiger partial charge in [-0.1, -0.05) is 0 Å². The van der Waals surface area contributed by atoms with Gasteiger partial charge >= 0.3 is 12.0 Å². The smallest absolute Gasteiger partial charge is 0.321 e. The first kappa shape index (κ1) is 18.5. The molecular formula is C18H28N2O4S. The summed E-state index contributed by atoms with van der Waals surface area (Å²) in [5.74, 6) is 1.62. The molecule has 0 aromatic carbocycles. The third kappa shape index (κ3) is 4.49. The van der Waals surface area contributed by atoms with Crippen LogP contribution in [-0.2, 0) is 14.3 Å². The summed E-state index contributed by atoms with van der Waals surface area (Å²) in [6.07, 6.45) is 7.07. The Hall–Kier alpha value is -1.24. The summed E-state index contributed by atoms with van der Waals surface area (Å²) in [5.41, 5.74) is -0.111. The van der Waals surface area contributed by atoms with Gasteiger partial charge in [0.1, 0.15) is 0 Å². The van der Waals surface area contributed by atoms with Crippen molar-refractivity contribution in [2.75, 3.05) is 12.4 Å². The lowest BCUT2D eigenvalue weighted by Crippen LogP contribution is -2.62. The van der Waals surface area contributed by atoms with Gasteiger partial charge in [0.2, 0.25) is 5.91 Å². The number of hydrogen-bond acceptors (Lipinski definition) is 5. The van der Waals surface area contributed by atoms with Crippen LogP contribution in [0.3, 0.4) is 0 Å². The van der Waals surface area contributed by atoms with Gasteiger partial charge in [-0.25, -0.2) is 4.79 Å². The van der Waals surface area contributed by atoms with Crippen LogP contribution in [0.2, 0.25) is 0 Å². The first-order valence-corrected chi connectivity index (χ1v) is 10.3. The molecular weight excluding hydrogens is 340 g/mol. The topological polar surface area (TPSA) is 84.5 Å². The molecule has 4 saturated carbocycles. The van der Waals surface area contributed by atoms with Crippen LogP contribution < -0.4 is 10.6 Å². The zero-order valence-electron chi connectivity index (χ0n) is 15.0. The van der Waals surface area contributed by atoms with E-state index in [4.69, 9.17) is 4.74 Å². The van der Waals surface area contributed by atoms with E-state index in [1.54, 1.807) is 13.8 Å². The summed E-state index contributed by atoms with van der Waals surface area (Å²) >= 11 is 1.18. The molecule has 0 radical (unpaired) electrons. The molecule has 25 heavy (non-hydrogen) atoms. The van der Waals surface area contributed by atoms with Gasteiger partial charge in [0, 0.05) is 5.54 Å². The zero-order valence-corrected chi connectivity index (χ0v) is 15.8. The van der Waals surface area contributed by atoms with Gasteiger partial charge in [0.25, 0.3) is 0 Å². The standard InChI is InChI=1S/C18H28N2O4S/c1-3-24-15(21)10-25-11(2)16(22)19-17(23)20-18-7-12-4-13(8-18)6-14(5-12)9-18/h11-14H,3-10H2,1-2H3,(H2,19,20,22,23)/t11-,12?,13?,14?,18?/m1/s1. The molecule has 0 aromatic heterocycles. The molecule has 4 aliphatic carbocycles. The maximum Gasteiger partial charge on any atom is 0.321 e. The Kier molecular flexibility index (Phi) is 5.61. The van der Waals surface area contributed by atoms with Crippen LogP contribution in [-0.4, -0.2) is 41.1 Å². The third-order valence-corrected chi connectivity index (χ3v) is 6.90. The number of carbonyl (C=O) groups excluding carboxylic acids is 3. The van der Waals surface area contributed by atoms with Crippen molar-refractivity contribution in [3.05, 3.63) is 0 Å². The average Bonchev–Trinajstić information content (AvgIpc) is 2.50. The normalized spacial score (nSPS) is 33.6. The lowest BCUT2D eigenvalue weighted by Gasteiger charge is -2.56. The second-order valence-corrected chi connectivity index (χ2v) is 9.23. The molecule has 4 aliphatic rings. The Bertz CT molecular complexity index is 516. The van der Waals surface area contributed by atoms with Crippen LogP contribution in [0.4, 0.5) is 4.79 Å². The van der Waals surface area contributed by atoms with E-state index >= 15 is 0 Å². The van der Waals surface area contributed by atoms with Gasteiger partial charge in [-0.2, -0.15) is 0 Å². The van der Waals surface area contributed by atoms with E-state index in [1.807, 2.05) is 0 Å². The van der Waals surface area contributed by atoms with E-state index in [1.165, 1.54) is 31.0 Å². The number of ether oxygens (including phenoxy) is 1. The molecule has 0 aliphatic heterocycles. The highest BCUT2D eigenvalue weighted by Gasteiger charge is 2.51. The van der Waals surface area contributed by atoms with Crippen LogP contribution in [0.25, 0.3) is 0 Å². The van der Waals surface area contributed by atoms with Crippen molar-refractivity contribution in [2.45, 2.75) is 63.2 Å². The minimum absolute atomic E-state index is 0.110. The van der Waals surface area contributed by atoms with E-state index in [2.05, 4.69) is 10.6 Å². The highest BCUT2D eigenvalue weighted by atomic mass is 32.2. The minimum atomic E-state index is -0.480. The minimum Gasteiger partial charge on any atom is -0.465 e. The van der Waals surface area contributed by atoms with Gasteiger partial charge in [0.15, 0.2) is 0 Å². The number of amides is 3. The molecule has 7 heteroatoms. The van der Waals surface area contributed by atoms with Crippen molar-refractivity contribution >= 4 is 29.7 Å². The highest BCUT2D eigenvalue weighted by molar-refractivity contribution is 8.01. The van der Waals surface area contributed by atoms with E-state index in [0.29, 0.717) is 6.61 Å². The Labute approximate surface area is 153 Å². The quantitative estimate of drug-likeness (QED) is 0.704. The van der Waals surface area contributed by atoms with Crippen molar-refractivity contribution < 1.29 is 19.1 Å². The predicted octanol–water partition coefficient (Wildman–Crippen LogP) is 2.47. The summed E-state index contributed by atoms with van der Waals surface area (Å²) in [6.45, 7) is 3.76. The van der Waals surface area contributed by atoms with Gasteiger partial charge < -0.3 is 10.1 Å². The summed E-state index contributed by atoms with van der Waals surface area (Å²) in [6, 6.07) is -0.393. The number of urea groups is 1. The summed E-state index contributed by atoms with van der Waals surface area (Å²) in [5, 5.41) is 5.09. The number of rotatable bonds is 6. The second kappa shape index (κ2) is 7.56. The monoisotopic (exact) mass is 368 g/mol. The highest BCUT2D eigenvalue weighted by Crippen LogP contribution is 2.55. The molecule has 0 aromatic rings. The number of esters is 1. The summed E-state index contributed by atoms with van der Waals surface area (Å²) in [4.78, 5) is 35.9.